The zero-order valence-electron chi connectivity index (χ0n) is 20.3. The smallest absolute Gasteiger partial charge is 0.262 e. The Morgan fingerprint density at radius 3 is 2.00 bits per heavy atom. The minimum absolute atomic E-state index is 0.0559. The number of carbonyl (C=O) groups excluding carboxylic acids is 1. The van der Waals surface area contributed by atoms with Gasteiger partial charge in [-0.05, 0) is 89.8 Å². The Kier molecular flexibility index (Phi) is 5.69. The Balaban J connectivity index is 1.86. The van der Waals surface area contributed by atoms with Gasteiger partial charge in [-0.15, -0.1) is 0 Å². The van der Waals surface area contributed by atoms with Gasteiger partial charge >= 0.3 is 0 Å². The van der Waals surface area contributed by atoms with Crippen LogP contribution in [0, 0.1) is 6.92 Å². The molecule has 0 heterocycles. The number of phenolic OH excluding ortho intramolecular Hbond substituents is 1. The standard InChI is InChI=1S/C30H33NO2/c1-20-18-26-27(30(5,6)17-16-29(26,3)4)19-25(20)21(2)31(23-12-14-24(32)15-13-23)28(33)22-10-8-7-9-11-22/h7-15,18-19,32H,2,16-17H2,1,3-6H3. The molecule has 0 atom stereocenters. The maximum absolute atomic E-state index is 13.7. The number of aryl methyl sites for hydroxylation is 1. The minimum atomic E-state index is -0.150. The molecule has 33 heavy (non-hydrogen) atoms. The summed E-state index contributed by atoms with van der Waals surface area (Å²) in [6.45, 7) is 15.7. The monoisotopic (exact) mass is 439 g/mol. The number of carbonyl (C=O) groups is 1. The predicted molar refractivity (Wildman–Crippen MR) is 137 cm³/mol. The summed E-state index contributed by atoms with van der Waals surface area (Å²) in [4.78, 5) is 15.3. The van der Waals surface area contributed by atoms with Crippen molar-refractivity contribution in [3.8, 4) is 5.75 Å². The molecule has 1 amide bonds. The number of aromatic hydroxyl groups is 1. The van der Waals surface area contributed by atoms with Crippen molar-refractivity contribution in [2.24, 2.45) is 0 Å². The Labute approximate surface area is 197 Å². The molecule has 1 aliphatic carbocycles. The van der Waals surface area contributed by atoms with Gasteiger partial charge in [0.15, 0.2) is 0 Å². The zero-order valence-corrected chi connectivity index (χ0v) is 20.3. The number of amides is 1. The Hall–Kier alpha value is -3.33. The normalized spacial score (nSPS) is 16.0. The van der Waals surface area contributed by atoms with Gasteiger partial charge in [-0.3, -0.25) is 9.69 Å². The molecule has 0 spiro atoms. The average molecular weight is 440 g/mol. The Morgan fingerprint density at radius 2 is 1.42 bits per heavy atom. The fourth-order valence-corrected chi connectivity index (χ4v) is 4.86. The molecule has 170 valence electrons. The number of fused-ring (bicyclic) bond motifs is 1. The molecule has 4 rings (SSSR count). The van der Waals surface area contributed by atoms with E-state index in [-0.39, 0.29) is 22.5 Å². The molecule has 0 unspecified atom stereocenters. The number of rotatable bonds is 4. The molecule has 3 aromatic carbocycles. The van der Waals surface area contributed by atoms with E-state index in [9.17, 15) is 9.90 Å². The lowest BCUT2D eigenvalue weighted by Crippen LogP contribution is -2.35. The van der Waals surface area contributed by atoms with Crippen LogP contribution in [-0.2, 0) is 10.8 Å². The fraction of sp³-hybridized carbons (Fsp3) is 0.300. The van der Waals surface area contributed by atoms with Gasteiger partial charge in [-0.2, -0.15) is 0 Å². The molecule has 0 aromatic heterocycles. The third-order valence-corrected chi connectivity index (χ3v) is 7.11. The largest absolute Gasteiger partial charge is 0.508 e. The molecule has 0 aliphatic heterocycles. The molecule has 3 aromatic rings. The summed E-state index contributed by atoms with van der Waals surface area (Å²) >= 11 is 0. The first-order chi connectivity index (χ1) is 15.5. The highest BCUT2D eigenvalue weighted by molar-refractivity contribution is 6.14. The fourth-order valence-electron chi connectivity index (χ4n) is 4.86. The number of benzene rings is 3. The molecule has 0 bridgehead atoms. The molecule has 3 nitrogen and oxygen atoms in total. The summed E-state index contributed by atoms with van der Waals surface area (Å²) in [5.41, 5.74) is 6.86. The quantitative estimate of drug-likeness (QED) is 0.461. The van der Waals surface area contributed by atoms with Crippen molar-refractivity contribution >= 4 is 17.3 Å². The van der Waals surface area contributed by atoms with E-state index >= 15 is 0 Å². The number of nitrogens with zero attached hydrogens (tertiary/aromatic N) is 1. The van der Waals surface area contributed by atoms with Gasteiger partial charge in [0.2, 0.25) is 0 Å². The van der Waals surface area contributed by atoms with Gasteiger partial charge < -0.3 is 5.11 Å². The number of anilines is 1. The van der Waals surface area contributed by atoms with Crippen LogP contribution in [0.4, 0.5) is 5.69 Å². The number of hydrogen-bond donors (Lipinski definition) is 1. The summed E-state index contributed by atoms with van der Waals surface area (Å²) in [5.74, 6) is 0.00779. The van der Waals surface area contributed by atoms with E-state index in [0.29, 0.717) is 16.9 Å². The van der Waals surface area contributed by atoms with Gasteiger partial charge in [0, 0.05) is 22.5 Å². The molecule has 0 radical (unpaired) electrons. The van der Waals surface area contributed by atoms with Crippen molar-refractivity contribution in [3.05, 3.63) is 101 Å². The van der Waals surface area contributed by atoms with E-state index in [1.165, 1.54) is 11.1 Å². The van der Waals surface area contributed by atoms with Crippen LogP contribution in [0.3, 0.4) is 0 Å². The summed E-state index contributed by atoms with van der Waals surface area (Å²) in [5, 5.41) is 9.81. The van der Waals surface area contributed by atoms with Crippen LogP contribution >= 0.6 is 0 Å². The van der Waals surface area contributed by atoms with Gasteiger partial charge in [-0.1, -0.05) is 58.5 Å². The van der Waals surface area contributed by atoms with E-state index < -0.39 is 0 Å². The molecule has 0 saturated carbocycles. The zero-order chi connectivity index (χ0) is 24.0. The third-order valence-electron chi connectivity index (χ3n) is 7.11. The second-order valence-electron chi connectivity index (χ2n) is 10.5. The topological polar surface area (TPSA) is 40.5 Å². The predicted octanol–water partition coefficient (Wildman–Crippen LogP) is 7.37. The maximum Gasteiger partial charge on any atom is 0.262 e. The van der Waals surface area contributed by atoms with E-state index in [1.807, 2.05) is 30.3 Å². The van der Waals surface area contributed by atoms with Gasteiger partial charge in [-0.25, -0.2) is 0 Å². The first kappa shape index (κ1) is 22.8. The first-order valence-corrected chi connectivity index (χ1v) is 11.5. The van der Waals surface area contributed by atoms with Crippen molar-refractivity contribution in [1.29, 1.82) is 0 Å². The number of hydrogen-bond acceptors (Lipinski definition) is 2. The second-order valence-corrected chi connectivity index (χ2v) is 10.5. The lowest BCUT2D eigenvalue weighted by molar-refractivity contribution is 0.1000. The van der Waals surface area contributed by atoms with Crippen LogP contribution in [0.2, 0.25) is 0 Å². The Bertz CT molecular complexity index is 1200. The second kappa shape index (κ2) is 8.22. The SMILES string of the molecule is C=C(c1cc2c(cc1C)C(C)(C)CCC2(C)C)N(C(=O)c1ccccc1)c1ccc(O)cc1. The van der Waals surface area contributed by atoms with Crippen molar-refractivity contribution in [2.45, 2.75) is 58.3 Å². The van der Waals surface area contributed by atoms with Gasteiger partial charge in [0.25, 0.3) is 5.91 Å². The van der Waals surface area contributed by atoms with Crippen molar-refractivity contribution in [3.63, 3.8) is 0 Å². The molecule has 0 saturated heterocycles. The molecule has 3 heteroatoms. The molecular formula is C30H33NO2. The molecule has 0 fully saturated rings. The van der Waals surface area contributed by atoms with E-state index in [0.717, 1.165) is 24.0 Å². The third kappa shape index (κ3) is 4.20. The summed E-state index contributed by atoms with van der Waals surface area (Å²) in [6, 6.07) is 20.5. The summed E-state index contributed by atoms with van der Waals surface area (Å²) in [6.07, 6.45) is 2.27. The highest BCUT2D eigenvalue weighted by Gasteiger charge is 2.38. The van der Waals surface area contributed by atoms with Crippen LogP contribution in [0.25, 0.3) is 5.70 Å². The Morgan fingerprint density at radius 1 is 0.879 bits per heavy atom. The maximum atomic E-state index is 13.7. The lowest BCUT2D eigenvalue weighted by atomic mass is 9.62. The van der Waals surface area contributed by atoms with E-state index in [1.54, 1.807) is 29.2 Å². The van der Waals surface area contributed by atoms with Crippen molar-refractivity contribution in [1.82, 2.24) is 0 Å². The van der Waals surface area contributed by atoms with Crippen molar-refractivity contribution < 1.29 is 9.90 Å². The average Bonchev–Trinajstić information content (AvgIpc) is 2.78. The highest BCUT2D eigenvalue weighted by atomic mass is 16.3. The van der Waals surface area contributed by atoms with Gasteiger partial charge in [0.1, 0.15) is 5.75 Å². The van der Waals surface area contributed by atoms with Crippen LogP contribution < -0.4 is 4.90 Å². The van der Waals surface area contributed by atoms with Crippen LogP contribution in [0.5, 0.6) is 5.75 Å². The summed E-state index contributed by atoms with van der Waals surface area (Å²) < 4.78 is 0. The lowest BCUT2D eigenvalue weighted by Gasteiger charge is -2.42. The van der Waals surface area contributed by atoms with Crippen molar-refractivity contribution in [2.75, 3.05) is 4.90 Å². The van der Waals surface area contributed by atoms with Crippen LogP contribution in [-0.4, -0.2) is 11.0 Å². The molecule has 1 N–H and O–H groups in total. The summed E-state index contributed by atoms with van der Waals surface area (Å²) in [7, 11) is 0. The van der Waals surface area contributed by atoms with E-state index in [2.05, 4.69) is 53.3 Å². The van der Waals surface area contributed by atoms with Crippen LogP contribution in [0.1, 0.15) is 73.1 Å². The molecular weight excluding hydrogens is 406 g/mol. The number of phenols is 1. The van der Waals surface area contributed by atoms with E-state index in [4.69, 9.17) is 0 Å². The highest BCUT2D eigenvalue weighted by Crippen LogP contribution is 2.47. The van der Waals surface area contributed by atoms with Gasteiger partial charge in [0.05, 0.1) is 0 Å². The molecule has 1 aliphatic rings. The first-order valence-electron chi connectivity index (χ1n) is 11.5. The minimum Gasteiger partial charge on any atom is -0.508 e. The van der Waals surface area contributed by atoms with Crippen LogP contribution in [0.15, 0.2) is 73.3 Å².